The Morgan fingerprint density at radius 1 is 0.829 bits per heavy atom. The third kappa shape index (κ3) is 4.50. The first-order valence-corrected chi connectivity index (χ1v) is 11.3. The SMILES string of the molecule is CC(C)N(C(=O)CN1C(=O)C(C(N)=O)C(=O)N(c2ccccc2)c2ccccc21)c1ccccc1. The van der Waals surface area contributed by atoms with E-state index in [1.165, 1.54) is 9.80 Å². The Morgan fingerprint density at radius 2 is 1.37 bits per heavy atom. The second-order valence-electron chi connectivity index (χ2n) is 8.45. The smallest absolute Gasteiger partial charge is 0.253 e. The van der Waals surface area contributed by atoms with Crippen molar-refractivity contribution in [1.82, 2.24) is 0 Å². The lowest BCUT2D eigenvalue weighted by molar-refractivity contribution is -0.139. The number of nitrogens with zero attached hydrogens (tertiary/aromatic N) is 3. The maximum atomic E-state index is 13.6. The number of hydrogen-bond acceptors (Lipinski definition) is 4. The average molecular weight is 471 g/mol. The summed E-state index contributed by atoms with van der Waals surface area (Å²) in [5.74, 6) is -4.81. The number of amides is 4. The van der Waals surface area contributed by atoms with Crippen molar-refractivity contribution in [2.45, 2.75) is 19.9 Å². The van der Waals surface area contributed by atoms with E-state index >= 15 is 0 Å². The third-order valence-electron chi connectivity index (χ3n) is 5.81. The summed E-state index contributed by atoms with van der Waals surface area (Å²) in [6, 6.07) is 24.4. The summed E-state index contributed by atoms with van der Waals surface area (Å²) in [5, 5.41) is 0. The van der Waals surface area contributed by atoms with E-state index in [0.717, 1.165) is 0 Å². The lowest BCUT2D eigenvalue weighted by atomic mass is 10.1. The molecule has 1 unspecified atom stereocenters. The highest BCUT2D eigenvalue weighted by molar-refractivity contribution is 6.29. The van der Waals surface area contributed by atoms with Gasteiger partial charge in [0.15, 0.2) is 5.92 Å². The Hall–Kier alpha value is -4.46. The normalized spacial score (nSPS) is 15.6. The minimum atomic E-state index is -1.78. The largest absolute Gasteiger partial charge is 0.369 e. The Bertz CT molecular complexity index is 1260. The molecule has 4 amide bonds. The number of fused-ring (bicyclic) bond motifs is 1. The van der Waals surface area contributed by atoms with Gasteiger partial charge in [-0.25, -0.2) is 0 Å². The molecule has 2 N–H and O–H groups in total. The van der Waals surface area contributed by atoms with E-state index in [1.54, 1.807) is 59.5 Å². The Labute approximate surface area is 203 Å². The highest BCUT2D eigenvalue weighted by Gasteiger charge is 2.45. The Balaban J connectivity index is 1.82. The van der Waals surface area contributed by atoms with Gasteiger partial charge in [0, 0.05) is 17.4 Å². The van der Waals surface area contributed by atoms with Crippen LogP contribution in [0.4, 0.5) is 22.7 Å². The zero-order valence-electron chi connectivity index (χ0n) is 19.5. The number of carbonyl (C=O) groups excluding carboxylic acids is 4. The zero-order valence-corrected chi connectivity index (χ0v) is 19.5. The molecule has 3 aromatic carbocycles. The molecule has 0 radical (unpaired) electrons. The van der Waals surface area contributed by atoms with Crippen LogP contribution in [0.25, 0.3) is 0 Å². The van der Waals surface area contributed by atoms with E-state index in [4.69, 9.17) is 5.73 Å². The second kappa shape index (κ2) is 9.80. The van der Waals surface area contributed by atoms with E-state index in [2.05, 4.69) is 0 Å². The first-order chi connectivity index (χ1) is 16.8. The Morgan fingerprint density at radius 3 is 1.94 bits per heavy atom. The van der Waals surface area contributed by atoms with Crippen LogP contribution in [0.3, 0.4) is 0 Å². The number of carbonyl (C=O) groups is 4. The standard InChI is InChI=1S/C27H26N4O4/c1-18(2)30(19-11-5-3-6-12-19)23(32)17-29-21-15-9-10-16-22(21)31(20-13-7-4-8-14-20)27(35)24(25(28)33)26(29)34/h3-16,18,24H,17H2,1-2H3,(H2,28,33). The minimum absolute atomic E-state index is 0.198. The fraction of sp³-hybridized carbons (Fsp3) is 0.185. The van der Waals surface area contributed by atoms with Crippen LogP contribution in [0.15, 0.2) is 84.9 Å². The van der Waals surface area contributed by atoms with Crippen LogP contribution in [0.5, 0.6) is 0 Å². The molecule has 1 heterocycles. The molecule has 0 aromatic heterocycles. The summed E-state index contributed by atoms with van der Waals surface area (Å²) in [6.45, 7) is 3.37. The van der Waals surface area contributed by atoms with Crippen molar-refractivity contribution in [3.8, 4) is 0 Å². The van der Waals surface area contributed by atoms with Crippen molar-refractivity contribution in [1.29, 1.82) is 0 Å². The highest BCUT2D eigenvalue weighted by atomic mass is 16.2. The molecule has 8 nitrogen and oxygen atoms in total. The van der Waals surface area contributed by atoms with Gasteiger partial charge in [0.25, 0.3) is 5.91 Å². The lowest BCUT2D eigenvalue weighted by Gasteiger charge is -2.31. The molecule has 1 aliphatic heterocycles. The van der Waals surface area contributed by atoms with Gasteiger partial charge in [0.05, 0.1) is 11.4 Å². The van der Waals surface area contributed by atoms with Gasteiger partial charge in [0.1, 0.15) is 6.54 Å². The van der Waals surface area contributed by atoms with Crippen LogP contribution >= 0.6 is 0 Å². The van der Waals surface area contributed by atoms with Crippen molar-refractivity contribution in [2.24, 2.45) is 11.7 Å². The molecule has 178 valence electrons. The van der Waals surface area contributed by atoms with Crippen molar-refractivity contribution in [3.63, 3.8) is 0 Å². The molecule has 8 heteroatoms. The van der Waals surface area contributed by atoms with Gasteiger partial charge in [-0.15, -0.1) is 0 Å². The molecule has 0 saturated carbocycles. The highest BCUT2D eigenvalue weighted by Crippen LogP contribution is 2.39. The van der Waals surface area contributed by atoms with Crippen LogP contribution in [-0.2, 0) is 19.2 Å². The molecule has 0 aliphatic carbocycles. The summed E-state index contributed by atoms with van der Waals surface area (Å²) >= 11 is 0. The quantitative estimate of drug-likeness (QED) is 0.559. The Kier molecular flexibility index (Phi) is 6.64. The van der Waals surface area contributed by atoms with Gasteiger partial charge in [-0.3, -0.25) is 29.0 Å². The number of rotatable bonds is 6. The minimum Gasteiger partial charge on any atom is -0.369 e. The average Bonchev–Trinajstić information content (AvgIpc) is 2.92. The summed E-state index contributed by atoms with van der Waals surface area (Å²) in [5.41, 5.74) is 7.43. The maximum absolute atomic E-state index is 13.6. The molecular weight excluding hydrogens is 444 g/mol. The molecule has 0 saturated heterocycles. The van der Waals surface area contributed by atoms with E-state index < -0.39 is 23.6 Å². The first-order valence-electron chi connectivity index (χ1n) is 11.3. The third-order valence-corrected chi connectivity index (χ3v) is 5.81. The lowest BCUT2D eigenvalue weighted by Crippen LogP contribution is -2.51. The number of anilines is 4. The number of primary amides is 1. The molecule has 0 fully saturated rings. The number of hydrogen-bond donors (Lipinski definition) is 1. The van der Waals surface area contributed by atoms with Gasteiger partial charge in [0.2, 0.25) is 17.7 Å². The molecule has 1 atom stereocenters. The predicted molar refractivity (Wildman–Crippen MR) is 134 cm³/mol. The van der Waals surface area contributed by atoms with Gasteiger partial charge in [-0.2, -0.15) is 0 Å². The number of para-hydroxylation sites is 4. The predicted octanol–water partition coefficient (Wildman–Crippen LogP) is 3.24. The molecule has 3 aromatic rings. The van der Waals surface area contributed by atoms with E-state index in [1.807, 2.05) is 44.2 Å². The molecule has 4 rings (SSSR count). The van der Waals surface area contributed by atoms with Crippen molar-refractivity contribution < 1.29 is 19.2 Å². The van der Waals surface area contributed by atoms with Crippen LogP contribution in [0, 0.1) is 5.92 Å². The van der Waals surface area contributed by atoms with Crippen molar-refractivity contribution >= 4 is 46.4 Å². The van der Waals surface area contributed by atoms with Crippen LogP contribution in [0.2, 0.25) is 0 Å². The fourth-order valence-corrected chi connectivity index (χ4v) is 4.29. The summed E-state index contributed by atoms with van der Waals surface area (Å²) in [7, 11) is 0. The molecule has 1 aliphatic rings. The fourth-order valence-electron chi connectivity index (χ4n) is 4.29. The summed E-state index contributed by atoms with van der Waals surface area (Å²) < 4.78 is 0. The second-order valence-corrected chi connectivity index (χ2v) is 8.45. The number of nitrogens with two attached hydrogens (primary N) is 1. The van der Waals surface area contributed by atoms with Gasteiger partial charge in [-0.1, -0.05) is 48.5 Å². The van der Waals surface area contributed by atoms with Crippen LogP contribution in [0.1, 0.15) is 13.8 Å². The van der Waals surface area contributed by atoms with Crippen LogP contribution < -0.4 is 20.4 Å². The van der Waals surface area contributed by atoms with E-state index in [-0.39, 0.29) is 18.5 Å². The van der Waals surface area contributed by atoms with E-state index in [0.29, 0.717) is 22.7 Å². The molecule has 0 bridgehead atoms. The van der Waals surface area contributed by atoms with Gasteiger partial charge >= 0.3 is 0 Å². The van der Waals surface area contributed by atoms with Gasteiger partial charge < -0.3 is 10.6 Å². The zero-order chi connectivity index (χ0) is 25.1. The van der Waals surface area contributed by atoms with Gasteiger partial charge in [-0.05, 0) is 50.2 Å². The monoisotopic (exact) mass is 470 g/mol. The molecule has 0 spiro atoms. The molecular formula is C27H26N4O4. The maximum Gasteiger partial charge on any atom is 0.253 e. The van der Waals surface area contributed by atoms with Crippen molar-refractivity contribution in [2.75, 3.05) is 21.2 Å². The van der Waals surface area contributed by atoms with Crippen molar-refractivity contribution in [3.05, 3.63) is 84.9 Å². The molecule has 35 heavy (non-hydrogen) atoms. The summed E-state index contributed by atoms with van der Waals surface area (Å²) in [4.78, 5) is 57.2. The summed E-state index contributed by atoms with van der Waals surface area (Å²) in [6.07, 6.45) is 0. The first kappa shape index (κ1) is 23.7. The van der Waals surface area contributed by atoms with E-state index in [9.17, 15) is 19.2 Å². The van der Waals surface area contributed by atoms with Crippen LogP contribution in [-0.4, -0.2) is 36.2 Å². The topological polar surface area (TPSA) is 104 Å². The number of benzene rings is 3.